The molecule has 1 aromatic carbocycles. The van der Waals surface area contributed by atoms with E-state index in [1.165, 1.54) is 15.9 Å². The lowest BCUT2D eigenvalue weighted by atomic mass is 9.85. The van der Waals surface area contributed by atoms with Crippen molar-refractivity contribution in [1.29, 1.82) is 0 Å². The number of carbonyl (C=O) groups excluding carboxylic acids is 6. The largest absolute Gasteiger partial charge is 0.444 e. The van der Waals surface area contributed by atoms with E-state index in [1.807, 2.05) is 6.92 Å². The van der Waals surface area contributed by atoms with Gasteiger partial charge in [-0.2, -0.15) is 0 Å². The zero-order chi connectivity index (χ0) is 37.1. The van der Waals surface area contributed by atoms with E-state index in [1.54, 1.807) is 60.6 Å². The summed E-state index contributed by atoms with van der Waals surface area (Å²) < 4.78 is 20.5. The number of nitrogens with one attached hydrogen (secondary N) is 4. The van der Waals surface area contributed by atoms with Gasteiger partial charge < -0.3 is 30.9 Å². The van der Waals surface area contributed by atoms with E-state index in [0.29, 0.717) is 24.0 Å². The van der Waals surface area contributed by atoms with Crippen molar-refractivity contribution in [3.05, 3.63) is 35.1 Å². The Balaban J connectivity index is 1.63. The van der Waals surface area contributed by atoms with E-state index < -0.39 is 82.5 Å². The molecular formula is C36H53FN6O7. The number of halogens is 1. The molecule has 0 aromatic heterocycles. The van der Waals surface area contributed by atoms with Crippen molar-refractivity contribution in [1.82, 2.24) is 31.1 Å². The number of hydrogen-bond donors (Lipinski definition) is 4. The van der Waals surface area contributed by atoms with Gasteiger partial charge in [0.25, 0.3) is 5.91 Å². The predicted octanol–water partition coefficient (Wildman–Crippen LogP) is 3.53. The van der Waals surface area contributed by atoms with Crippen molar-refractivity contribution in [3.8, 4) is 0 Å². The molecular weight excluding hydrogens is 647 g/mol. The van der Waals surface area contributed by atoms with Crippen molar-refractivity contribution in [2.45, 2.75) is 136 Å². The van der Waals surface area contributed by atoms with Crippen molar-refractivity contribution < 1.29 is 37.9 Å². The molecule has 14 heteroatoms. The molecule has 3 aliphatic rings. The Hall–Kier alpha value is -4.23. The molecule has 1 saturated carbocycles. The first-order chi connectivity index (χ1) is 23.3. The third-order valence-electron chi connectivity index (χ3n) is 9.28. The number of fused-ring (bicyclic) bond motifs is 1. The van der Waals surface area contributed by atoms with Gasteiger partial charge >= 0.3 is 12.1 Å². The van der Waals surface area contributed by atoms with Crippen molar-refractivity contribution in [3.63, 3.8) is 0 Å². The van der Waals surface area contributed by atoms with Crippen molar-refractivity contribution >= 4 is 35.6 Å². The molecule has 0 bridgehead atoms. The summed E-state index contributed by atoms with van der Waals surface area (Å²) in [5, 5.41) is 11.0. The van der Waals surface area contributed by atoms with E-state index >= 15 is 0 Å². The minimum Gasteiger partial charge on any atom is -0.444 e. The first-order valence-corrected chi connectivity index (χ1v) is 17.6. The van der Waals surface area contributed by atoms with Gasteiger partial charge in [-0.1, -0.05) is 53.2 Å². The maximum Gasteiger partial charge on any atom is 0.410 e. The number of Topliss-reactive ketones (excluding diaryl/α,β-unsaturated/α-hetero) is 1. The summed E-state index contributed by atoms with van der Waals surface area (Å²) in [6.07, 6.45) is 0.917. The van der Waals surface area contributed by atoms with Gasteiger partial charge in [-0.05, 0) is 63.5 Å². The van der Waals surface area contributed by atoms with Gasteiger partial charge in [0.05, 0.1) is 19.1 Å². The number of likely N-dealkylation sites (tertiary alicyclic amines) is 1. The second-order valence-electron chi connectivity index (χ2n) is 15.8. The van der Waals surface area contributed by atoms with Gasteiger partial charge in [-0.25, -0.2) is 14.0 Å². The standard InChI is InChI=1S/C36H53FN6O7/c1-9-12-25(28(44)31(46)38-21-15-16-21)39-30(45)27-22(10-2)26(50-34(49)42-17-20-13-11-14-24(37)23(20)18-42)19-43(27)32(47)29(35(3,4)5)40-33(48)41-36(6,7)8/h11,13-14,21-22,25-27,29H,9-10,12,15-19H2,1-8H3,(H,38,46)(H,39,45)(H2,40,41,48)/t22-,25+,26?,27+,29-/m1/s1. The normalized spacial score (nSPS) is 21.5. The van der Waals surface area contributed by atoms with Crippen LogP contribution < -0.4 is 21.3 Å². The summed E-state index contributed by atoms with van der Waals surface area (Å²) in [6.45, 7) is 14.4. The molecule has 1 aliphatic carbocycles. The van der Waals surface area contributed by atoms with Gasteiger partial charge in [0.2, 0.25) is 17.6 Å². The number of ketones is 1. The minimum absolute atomic E-state index is 0.0134. The van der Waals surface area contributed by atoms with E-state index in [4.69, 9.17) is 4.74 Å². The Bertz CT molecular complexity index is 1480. The van der Waals surface area contributed by atoms with Crippen molar-refractivity contribution in [2.75, 3.05) is 6.54 Å². The molecule has 6 amide bonds. The molecule has 2 aliphatic heterocycles. The molecule has 50 heavy (non-hydrogen) atoms. The number of urea groups is 1. The molecule has 4 rings (SSSR count). The monoisotopic (exact) mass is 700 g/mol. The number of ether oxygens (including phenoxy) is 1. The zero-order valence-corrected chi connectivity index (χ0v) is 30.5. The Kier molecular flexibility index (Phi) is 11.8. The smallest absolute Gasteiger partial charge is 0.410 e. The number of nitrogens with zero attached hydrogens (tertiary/aromatic N) is 2. The topological polar surface area (TPSA) is 166 Å². The lowest BCUT2D eigenvalue weighted by molar-refractivity contribution is -0.144. The highest BCUT2D eigenvalue weighted by Crippen LogP contribution is 2.34. The third kappa shape index (κ3) is 9.30. The molecule has 13 nitrogen and oxygen atoms in total. The lowest BCUT2D eigenvalue weighted by Crippen LogP contribution is -2.61. The SMILES string of the molecule is CCC[C@H](NC(=O)[C@@H]1[C@H](CC)C(OC(=O)N2Cc3cccc(F)c3C2)CN1C(=O)[C@@H](NC(=O)NC(C)(C)C)C(C)(C)C)C(=O)C(=O)NC1CC1. The number of rotatable bonds is 11. The molecule has 1 saturated heterocycles. The Morgan fingerprint density at radius 2 is 1.66 bits per heavy atom. The molecule has 0 spiro atoms. The summed E-state index contributed by atoms with van der Waals surface area (Å²) in [5.74, 6) is -3.90. The van der Waals surface area contributed by atoms with Gasteiger partial charge in [0, 0.05) is 29.6 Å². The van der Waals surface area contributed by atoms with Crippen LogP contribution in [0.25, 0.3) is 0 Å². The summed E-state index contributed by atoms with van der Waals surface area (Å²) in [6, 6.07) is 0.599. The van der Waals surface area contributed by atoms with Gasteiger partial charge in [0.15, 0.2) is 0 Å². The summed E-state index contributed by atoms with van der Waals surface area (Å²) in [4.78, 5) is 83.9. The Morgan fingerprint density at radius 3 is 2.22 bits per heavy atom. The van der Waals surface area contributed by atoms with Crippen LogP contribution in [0.2, 0.25) is 0 Å². The van der Waals surface area contributed by atoms with E-state index in [-0.39, 0.29) is 32.1 Å². The second kappa shape index (κ2) is 15.3. The maximum atomic E-state index is 14.5. The molecule has 1 unspecified atom stereocenters. The van der Waals surface area contributed by atoms with E-state index in [0.717, 1.165) is 12.8 Å². The van der Waals surface area contributed by atoms with Gasteiger partial charge in [-0.3, -0.25) is 24.1 Å². The van der Waals surface area contributed by atoms with Crippen LogP contribution in [0.1, 0.15) is 98.6 Å². The van der Waals surface area contributed by atoms with Crippen LogP contribution in [0.15, 0.2) is 18.2 Å². The zero-order valence-electron chi connectivity index (χ0n) is 30.5. The van der Waals surface area contributed by atoms with Gasteiger partial charge in [-0.15, -0.1) is 0 Å². The highest BCUT2D eigenvalue weighted by atomic mass is 19.1. The number of carbonyl (C=O) groups is 6. The minimum atomic E-state index is -1.20. The van der Waals surface area contributed by atoms with Crippen LogP contribution in [0.5, 0.6) is 0 Å². The van der Waals surface area contributed by atoms with Crippen LogP contribution in [-0.4, -0.2) is 87.8 Å². The lowest BCUT2D eigenvalue weighted by Gasteiger charge is -2.36. The molecule has 1 aromatic rings. The molecule has 2 fully saturated rings. The predicted molar refractivity (Wildman–Crippen MR) is 183 cm³/mol. The van der Waals surface area contributed by atoms with Crippen LogP contribution in [0.3, 0.4) is 0 Å². The fourth-order valence-electron chi connectivity index (χ4n) is 6.54. The first-order valence-electron chi connectivity index (χ1n) is 17.6. The van der Waals surface area contributed by atoms with Crippen LogP contribution in [0, 0.1) is 17.2 Å². The van der Waals surface area contributed by atoms with Crippen LogP contribution in [-0.2, 0) is 37.0 Å². The quantitative estimate of drug-likeness (QED) is 0.257. The summed E-state index contributed by atoms with van der Waals surface area (Å²) in [7, 11) is 0. The second-order valence-corrected chi connectivity index (χ2v) is 15.8. The Labute approximate surface area is 293 Å². The fourth-order valence-corrected chi connectivity index (χ4v) is 6.54. The number of benzene rings is 1. The molecule has 276 valence electrons. The number of amides is 6. The molecule has 2 heterocycles. The molecule has 4 N–H and O–H groups in total. The summed E-state index contributed by atoms with van der Waals surface area (Å²) >= 11 is 0. The third-order valence-corrected chi connectivity index (χ3v) is 9.28. The average molecular weight is 701 g/mol. The molecule has 0 radical (unpaired) electrons. The average Bonchev–Trinajstić information content (AvgIpc) is 3.58. The van der Waals surface area contributed by atoms with Gasteiger partial charge in [0.1, 0.15) is 24.0 Å². The van der Waals surface area contributed by atoms with E-state index in [9.17, 15) is 33.2 Å². The highest BCUT2D eigenvalue weighted by Gasteiger charge is 2.52. The summed E-state index contributed by atoms with van der Waals surface area (Å²) in [5.41, 5.74) is -0.332. The van der Waals surface area contributed by atoms with Crippen LogP contribution >= 0.6 is 0 Å². The first kappa shape index (κ1) is 38.6. The number of hydrogen-bond acceptors (Lipinski definition) is 7. The Morgan fingerprint density at radius 1 is 0.980 bits per heavy atom. The van der Waals surface area contributed by atoms with Crippen molar-refractivity contribution in [2.24, 2.45) is 11.3 Å². The molecule has 5 atom stereocenters. The highest BCUT2D eigenvalue weighted by molar-refractivity contribution is 6.38. The van der Waals surface area contributed by atoms with Crippen LogP contribution in [0.4, 0.5) is 14.0 Å². The fraction of sp³-hybridized carbons (Fsp3) is 0.667. The maximum absolute atomic E-state index is 14.5. The van der Waals surface area contributed by atoms with E-state index in [2.05, 4.69) is 21.3 Å².